The highest BCUT2D eigenvalue weighted by Gasteiger charge is 2.36. The Morgan fingerprint density at radius 3 is 2.57 bits per heavy atom. The third-order valence-corrected chi connectivity index (χ3v) is 5.26. The molecule has 1 N–H and O–H groups in total. The van der Waals surface area contributed by atoms with Gasteiger partial charge in [-0.05, 0) is 69.2 Å². The van der Waals surface area contributed by atoms with Crippen LogP contribution in [0.5, 0.6) is 5.75 Å². The number of hydrogen-bond acceptors (Lipinski definition) is 5. The van der Waals surface area contributed by atoms with Gasteiger partial charge in [0.15, 0.2) is 0 Å². The van der Waals surface area contributed by atoms with E-state index in [2.05, 4.69) is 15.9 Å². The van der Waals surface area contributed by atoms with Crippen LogP contribution in [0, 0.1) is 5.82 Å². The summed E-state index contributed by atoms with van der Waals surface area (Å²) in [6, 6.07) is 11.1. The van der Waals surface area contributed by atoms with Crippen LogP contribution >= 0.6 is 27.7 Å². The topological polar surface area (TPSA) is 83.9 Å². The number of carboxylic acid groups (broad SMARTS) is 1. The number of rotatable bonds is 6. The second-order valence-electron chi connectivity index (χ2n) is 5.77. The van der Waals surface area contributed by atoms with Crippen molar-refractivity contribution in [3.63, 3.8) is 0 Å². The van der Waals surface area contributed by atoms with E-state index in [1.54, 1.807) is 30.3 Å². The first-order chi connectivity index (χ1) is 13.3. The quantitative estimate of drug-likeness (QED) is 0.640. The monoisotopic (exact) mass is 465 g/mol. The summed E-state index contributed by atoms with van der Waals surface area (Å²) in [6.07, 6.45) is 1.52. The van der Waals surface area contributed by atoms with E-state index in [9.17, 15) is 18.8 Å². The lowest BCUT2D eigenvalue weighted by Gasteiger charge is -2.09. The molecule has 0 saturated carbocycles. The van der Waals surface area contributed by atoms with Crippen molar-refractivity contribution in [1.29, 1.82) is 0 Å². The third kappa shape index (κ3) is 4.79. The number of ether oxygens (including phenoxy) is 1. The number of benzene rings is 2. The molecule has 1 saturated heterocycles. The number of nitrogens with zero attached hydrogens (tertiary/aromatic N) is 1. The van der Waals surface area contributed by atoms with Crippen molar-refractivity contribution in [1.82, 2.24) is 4.90 Å². The standard InChI is InChI=1S/C19H13BrFNO5S/c20-14-7-12(8-16-18(25)22(9-17(23)24)19(26)28-16)3-6-15(14)27-10-11-1-4-13(21)5-2-11/h1-8H,9-10H2,(H,23,24)/b16-8+. The molecule has 2 aromatic carbocycles. The molecular weight excluding hydrogens is 453 g/mol. The van der Waals surface area contributed by atoms with Crippen LogP contribution in [0.3, 0.4) is 0 Å². The number of thioether (sulfide) groups is 1. The smallest absolute Gasteiger partial charge is 0.323 e. The van der Waals surface area contributed by atoms with Gasteiger partial charge in [-0.2, -0.15) is 0 Å². The molecule has 6 nitrogen and oxygen atoms in total. The summed E-state index contributed by atoms with van der Waals surface area (Å²) >= 11 is 4.09. The zero-order chi connectivity index (χ0) is 20.3. The molecule has 0 spiro atoms. The normalized spacial score (nSPS) is 15.4. The Morgan fingerprint density at radius 1 is 1.21 bits per heavy atom. The van der Waals surface area contributed by atoms with Gasteiger partial charge in [0.25, 0.3) is 11.1 Å². The van der Waals surface area contributed by atoms with Crippen molar-refractivity contribution in [3.05, 3.63) is 68.8 Å². The molecule has 0 aliphatic carbocycles. The Kier molecular flexibility index (Phi) is 6.15. The van der Waals surface area contributed by atoms with Crippen molar-refractivity contribution in [2.75, 3.05) is 6.54 Å². The number of carboxylic acids is 1. The lowest BCUT2D eigenvalue weighted by Crippen LogP contribution is -2.33. The van der Waals surface area contributed by atoms with Gasteiger partial charge in [-0.1, -0.05) is 18.2 Å². The fraction of sp³-hybridized carbons (Fsp3) is 0.105. The number of carbonyl (C=O) groups is 3. The summed E-state index contributed by atoms with van der Waals surface area (Å²) < 4.78 is 19.3. The minimum Gasteiger partial charge on any atom is -0.488 e. The number of aliphatic carboxylic acids is 1. The summed E-state index contributed by atoms with van der Waals surface area (Å²) in [7, 11) is 0. The molecule has 3 rings (SSSR count). The van der Waals surface area contributed by atoms with E-state index in [1.807, 2.05) is 0 Å². The Bertz CT molecular complexity index is 977. The Balaban J connectivity index is 1.71. The van der Waals surface area contributed by atoms with Crippen LogP contribution in [-0.4, -0.2) is 33.7 Å². The molecule has 0 aromatic heterocycles. The summed E-state index contributed by atoms with van der Waals surface area (Å²) in [5.41, 5.74) is 1.45. The van der Waals surface area contributed by atoms with Crippen molar-refractivity contribution in [3.8, 4) is 5.75 Å². The second-order valence-corrected chi connectivity index (χ2v) is 7.61. The zero-order valence-electron chi connectivity index (χ0n) is 14.2. The summed E-state index contributed by atoms with van der Waals surface area (Å²) in [5, 5.41) is 8.17. The van der Waals surface area contributed by atoms with Crippen LogP contribution in [0.15, 0.2) is 51.8 Å². The SMILES string of the molecule is O=C(O)CN1C(=O)S/C(=C/c2ccc(OCc3ccc(F)cc3)c(Br)c2)C1=O. The van der Waals surface area contributed by atoms with Crippen molar-refractivity contribution in [2.45, 2.75) is 6.61 Å². The predicted molar refractivity (Wildman–Crippen MR) is 105 cm³/mol. The molecule has 144 valence electrons. The molecule has 0 radical (unpaired) electrons. The van der Waals surface area contributed by atoms with Gasteiger partial charge in [-0.25, -0.2) is 4.39 Å². The maximum absolute atomic E-state index is 12.9. The van der Waals surface area contributed by atoms with Gasteiger partial charge in [-0.3, -0.25) is 19.3 Å². The third-order valence-electron chi connectivity index (χ3n) is 3.73. The minimum absolute atomic E-state index is 0.151. The lowest BCUT2D eigenvalue weighted by atomic mass is 10.2. The van der Waals surface area contributed by atoms with Gasteiger partial charge in [0.1, 0.15) is 24.7 Å². The highest BCUT2D eigenvalue weighted by atomic mass is 79.9. The minimum atomic E-state index is -1.26. The number of carbonyl (C=O) groups excluding carboxylic acids is 2. The fourth-order valence-electron chi connectivity index (χ4n) is 2.39. The van der Waals surface area contributed by atoms with Crippen molar-refractivity contribution in [2.24, 2.45) is 0 Å². The fourth-order valence-corrected chi connectivity index (χ4v) is 3.74. The number of halogens is 2. The molecule has 0 unspecified atom stereocenters. The molecule has 0 atom stereocenters. The van der Waals surface area contributed by atoms with E-state index in [0.717, 1.165) is 5.56 Å². The van der Waals surface area contributed by atoms with E-state index in [-0.39, 0.29) is 17.3 Å². The number of amides is 2. The first kappa shape index (κ1) is 20.1. The molecule has 1 aliphatic heterocycles. The van der Waals surface area contributed by atoms with Gasteiger partial charge < -0.3 is 9.84 Å². The van der Waals surface area contributed by atoms with E-state index in [0.29, 0.717) is 32.4 Å². The van der Waals surface area contributed by atoms with Crippen molar-refractivity contribution >= 4 is 50.9 Å². The highest BCUT2D eigenvalue weighted by molar-refractivity contribution is 9.10. The largest absolute Gasteiger partial charge is 0.488 e. The first-order valence-corrected chi connectivity index (χ1v) is 9.58. The van der Waals surface area contributed by atoms with E-state index >= 15 is 0 Å². The van der Waals surface area contributed by atoms with Gasteiger partial charge in [0, 0.05) is 0 Å². The molecule has 2 aromatic rings. The molecule has 1 fully saturated rings. The van der Waals surface area contributed by atoms with E-state index in [4.69, 9.17) is 9.84 Å². The second kappa shape index (κ2) is 8.57. The zero-order valence-corrected chi connectivity index (χ0v) is 16.6. The molecular formula is C19H13BrFNO5S. The van der Waals surface area contributed by atoms with Gasteiger partial charge >= 0.3 is 5.97 Å². The molecule has 2 amide bonds. The first-order valence-electron chi connectivity index (χ1n) is 7.97. The van der Waals surface area contributed by atoms with Gasteiger partial charge in [0.2, 0.25) is 0 Å². The molecule has 9 heteroatoms. The summed E-state index contributed by atoms with van der Waals surface area (Å²) in [6.45, 7) is -0.409. The van der Waals surface area contributed by atoms with Crippen LogP contribution < -0.4 is 4.74 Å². The Labute approximate surface area is 172 Å². The maximum Gasteiger partial charge on any atom is 0.323 e. The highest BCUT2D eigenvalue weighted by Crippen LogP contribution is 2.34. The molecule has 1 aliphatic rings. The molecule has 28 heavy (non-hydrogen) atoms. The average molecular weight is 466 g/mol. The van der Waals surface area contributed by atoms with E-state index in [1.165, 1.54) is 18.2 Å². The van der Waals surface area contributed by atoms with Crippen LogP contribution in [0.1, 0.15) is 11.1 Å². The van der Waals surface area contributed by atoms with Gasteiger partial charge in [0.05, 0.1) is 9.38 Å². The van der Waals surface area contributed by atoms with Crippen LogP contribution in [-0.2, 0) is 16.2 Å². The number of imide groups is 1. The van der Waals surface area contributed by atoms with Crippen LogP contribution in [0.4, 0.5) is 9.18 Å². The Morgan fingerprint density at radius 2 is 1.93 bits per heavy atom. The molecule has 0 bridgehead atoms. The summed E-state index contributed by atoms with van der Waals surface area (Å²) in [4.78, 5) is 35.6. The Hall–Kier alpha value is -2.65. The maximum atomic E-state index is 12.9. The van der Waals surface area contributed by atoms with Crippen LogP contribution in [0.2, 0.25) is 0 Å². The predicted octanol–water partition coefficient (Wildman–Crippen LogP) is 4.29. The number of hydrogen-bond donors (Lipinski definition) is 1. The lowest BCUT2D eigenvalue weighted by molar-refractivity contribution is -0.140. The average Bonchev–Trinajstić information content (AvgIpc) is 2.89. The van der Waals surface area contributed by atoms with Gasteiger partial charge in [-0.15, -0.1) is 0 Å². The van der Waals surface area contributed by atoms with Crippen molar-refractivity contribution < 1.29 is 28.6 Å². The summed E-state index contributed by atoms with van der Waals surface area (Å²) in [5.74, 6) is -1.65. The molecule has 1 heterocycles. The van der Waals surface area contributed by atoms with E-state index < -0.39 is 23.7 Å². The van der Waals surface area contributed by atoms with Crippen LogP contribution in [0.25, 0.3) is 6.08 Å².